The maximum absolute atomic E-state index is 12.5. The van der Waals surface area contributed by atoms with Gasteiger partial charge in [-0.05, 0) is 32.0 Å². The maximum Gasteiger partial charge on any atom is 0.361 e. The highest BCUT2D eigenvalue weighted by Gasteiger charge is 2.26. The summed E-state index contributed by atoms with van der Waals surface area (Å²) in [6.45, 7) is 5.51. The van der Waals surface area contributed by atoms with Gasteiger partial charge in [0.2, 0.25) is 5.91 Å². The SMILES string of the molecule is CCOP(=O)(OCC)c1cccc(NC(C)=O)c1. The fraction of sp³-hybridized carbons (Fsp3) is 0.417. The largest absolute Gasteiger partial charge is 0.361 e. The van der Waals surface area contributed by atoms with Crippen LogP contribution >= 0.6 is 7.60 Å². The summed E-state index contributed by atoms with van der Waals surface area (Å²) in [5.74, 6) is -0.185. The van der Waals surface area contributed by atoms with Gasteiger partial charge in [-0.2, -0.15) is 0 Å². The van der Waals surface area contributed by atoms with Crippen molar-refractivity contribution in [3.63, 3.8) is 0 Å². The molecule has 5 nitrogen and oxygen atoms in total. The lowest BCUT2D eigenvalue weighted by atomic mass is 10.3. The minimum atomic E-state index is -3.29. The molecule has 1 N–H and O–H groups in total. The van der Waals surface area contributed by atoms with Crippen molar-refractivity contribution in [2.75, 3.05) is 18.5 Å². The molecule has 0 atom stereocenters. The van der Waals surface area contributed by atoms with E-state index < -0.39 is 7.60 Å². The third-order valence-electron chi connectivity index (χ3n) is 2.08. The highest BCUT2D eigenvalue weighted by atomic mass is 31.2. The van der Waals surface area contributed by atoms with Gasteiger partial charge >= 0.3 is 7.60 Å². The Morgan fingerprint density at radius 3 is 2.39 bits per heavy atom. The van der Waals surface area contributed by atoms with Gasteiger partial charge in [-0.25, -0.2) is 0 Å². The molecule has 6 heteroatoms. The van der Waals surface area contributed by atoms with Gasteiger partial charge in [0.15, 0.2) is 0 Å². The first kappa shape index (κ1) is 14.9. The normalized spacial score (nSPS) is 11.3. The summed E-state index contributed by atoms with van der Waals surface area (Å²) in [6.07, 6.45) is 0. The van der Waals surface area contributed by atoms with E-state index >= 15 is 0 Å². The molecule has 0 saturated carbocycles. The Labute approximate surface area is 107 Å². The topological polar surface area (TPSA) is 64.6 Å². The second-order valence-corrected chi connectivity index (χ2v) is 5.59. The highest BCUT2D eigenvalue weighted by Crippen LogP contribution is 2.47. The zero-order valence-electron chi connectivity index (χ0n) is 10.8. The van der Waals surface area contributed by atoms with Crippen LogP contribution in [0.1, 0.15) is 20.8 Å². The van der Waals surface area contributed by atoms with Crippen LogP contribution in [0.25, 0.3) is 0 Å². The molecule has 1 rings (SSSR count). The van der Waals surface area contributed by atoms with Crippen molar-refractivity contribution >= 4 is 24.5 Å². The smallest absolute Gasteiger partial charge is 0.326 e. The number of nitrogens with one attached hydrogen (secondary N) is 1. The first-order valence-corrected chi connectivity index (χ1v) is 7.33. The summed E-state index contributed by atoms with van der Waals surface area (Å²) < 4.78 is 23.0. The third-order valence-corrected chi connectivity index (χ3v) is 4.19. The Morgan fingerprint density at radius 1 is 1.28 bits per heavy atom. The molecule has 100 valence electrons. The first-order valence-electron chi connectivity index (χ1n) is 5.79. The fourth-order valence-electron chi connectivity index (χ4n) is 1.48. The maximum atomic E-state index is 12.5. The number of hydrogen-bond donors (Lipinski definition) is 1. The summed E-state index contributed by atoms with van der Waals surface area (Å²) in [5.41, 5.74) is 0.569. The van der Waals surface area contributed by atoms with E-state index in [1.807, 2.05) is 0 Å². The molecule has 1 amide bonds. The molecule has 0 aliphatic carbocycles. The quantitative estimate of drug-likeness (QED) is 0.807. The third kappa shape index (κ3) is 3.95. The number of amides is 1. The molecule has 0 saturated heterocycles. The van der Waals surface area contributed by atoms with E-state index in [1.165, 1.54) is 6.92 Å². The van der Waals surface area contributed by atoms with E-state index in [4.69, 9.17) is 9.05 Å². The Hall–Kier alpha value is -1.16. The molecule has 0 heterocycles. The first-order chi connectivity index (χ1) is 8.51. The summed E-state index contributed by atoms with van der Waals surface area (Å²) in [5, 5.41) is 3.07. The number of hydrogen-bond acceptors (Lipinski definition) is 4. The van der Waals surface area contributed by atoms with Crippen molar-refractivity contribution < 1.29 is 18.4 Å². The predicted octanol–water partition coefficient (Wildman–Crippen LogP) is 2.54. The van der Waals surface area contributed by atoms with Gasteiger partial charge in [0.25, 0.3) is 0 Å². The molecule has 1 aromatic carbocycles. The number of carbonyl (C=O) groups is 1. The van der Waals surface area contributed by atoms with Crippen LogP contribution in [-0.4, -0.2) is 19.1 Å². The molecular weight excluding hydrogens is 253 g/mol. The molecule has 18 heavy (non-hydrogen) atoms. The molecule has 0 bridgehead atoms. The second kappa shape index (κ2) is 6.69. The van der Waals surface area contributed by atoms with Gasteiger partial charge in [0.1, 0.15) is 0 Å². The minimum Gasteiger partial charge on any atom is -0.326 e. The van der Waals surface area contributed by atoms with Gasteiger partial charge in [0.05, 0.1) is 18.5 Å². The molecule has 0 aromatic heterocycles. The van der Waals surface area contributed by atoms with Crippen molar-refractivity contribution in [1.82, 2.24) is 0 Å². The highest BCUT2D eigenvalue weighted by molar-refractivity contribution is 7.62. The fourth-order valence-corrected chi connectivity index (χ4v) is 3.10. The predicted molar refractivity (Wildman–Crippen MR) is 71.2 cm³/mol. The van der Waals surface area contributed by atoms with Crippen LogP contribution < -0.4 is 10.6 Å². The van der Waals surface area contributed by atoms with Crippen LogP contribution in [-0.2, 0) is 18.4 Å². The van der Waals surface area contributed by atoms with E-state index in [2.05, 4.69) is 5.32 Å². The zero-order chi connectivity index (χ0) is 13.6. The molecule has 1 aromatic rings. The van der Waals surface area contributed by atoms with E-state index in [9.17, 15) is 9.36 Å². The Kier molecular flexibility index (Phi) is 5.54. The summed E-state index contributed by atoms with van der Waals surface area (Å²) >= 11 is 0. The Balaban J connectivity index is 3.05. The second-order valence-electron chi connectivity index (χ2n) is 3.56. The van der Waals surface area contributed by atoms with Gasteiger partial charge in [-0.3, -0.25) is 9.36 Å². The van der Waals surface area contributed by atoms with Gasteiger partial charge < -0.3 is 14.4 Å². The van der Waals surface area contributed by atoms with Crippen LogP contribution in [0.4, 0.5) is 5.69 Å². The van der Waals surface area contributed by atoms with Crippen molar-refractivity contribution in [3.05, 3.63) is 24.3 Å². The standard InChI is InChI=1S/C12H18NO4P/c1-4-16-18(15,17-5-2)12-8-6-7-11(9-12)13-10(3)14/h6-9H,4-5H2,1-3H3,(H,13,14). The number of rotatable bonds is 6. The lowest BCUT2D eigenvalue weighted by Crippen LogP contribution is -2.13. The van der Waals surface area contributed by atoms with Crippen molar-refractivity contribution in [2.45, 2.75) is 20.8 Å². The lowest BCUT2D eigenvalue weighted by Gasteiger charge is -2.17. The molecule has 0 unspecified atom stereocenters. The lowest BCUT2D eigenvalue weighted by molar-refractivity contribution is -0.114. The van der Waals surface area contributed by atoms with E-state index in [-0.39, 0.29) is 5.91 Å². The molecule has 0 aliphatic rings. The van der Waals surface area contributed by atoms with Crippen LogP contribution in [0.15, 0.2) is 24.3 Å². The zero-order valence-corrected chi connectivity index (χ0v) is 11.7. The average Bonchev–Trinajstić information content (AvgIpc) is 2.29. The average molecular weight is 271 g/mol. The van der Waals surface area contributed by atoms with Gasteiger partial charge in [0, 0.05) is 12.6 Å². The van der Waals surface area contributed by atoms with Gasteiger partial charge in [-0.1, -0.05) is 6.07 Å². The van der Waals surface area contributed by atoms with E-state index in [1.54, 1.807) is 38.1 Å². The number of anilines is 1. The molecular formula is C12H18NO4P. The Bertz CT molecular complexity index is 451. The summed E-state index contributed by atoms with van der Waals surface area (Å²) in [4.78, 5) is 11.0. The molecule has 0 spiro atoms. The van der Waals surface area contributed by atoms with E-state index in [0.717, 1.165) is 0 Å². The number of benzene rings is 1. The summed E-state index contributed by atoms with van der Waals surface area (Å²) in [7, 11) is -3.29. The van der Waals surface area contributed by atoms with Crippen LogP contribution in [0, 0.1) is 0 Å². The van der Waals surface area contributed by atoms with Crippen molar-refractivity contribution in [2.24, 2.45) is 0 Å². The van der Waals surface area contributed by atoms with Crippen LogP contribution in [0.3, 0.4) is 0 Å². The summed E-state index contributed by atoms with van der Waals surface area (Å²) in [6, 6.07) is 6.68. The van der Waals surface area contributed by atoms with Crippen LogP contribution in [0.2, 0.25) is 0 Å². The van der Waals surface area contributed by atoms with Gasteiger partial charge in [-0.15, -0.1) is 0 Å². The number of carbonyl (C=O) groups excluding carboxylic acids is 1. The van der Waals surface area contributed by atoms with Crippen LogP contribution in [0.5, 0.6) is 0 Å². The van der Waals surface area contributed by atoms with Crippen molar-refractivity contribution in [1.29, 1.82) is 0 Å². The monoisotopic (exact) mass is 271 g/mol. The van der Waals surface area contributed by atoms with Crippen molar-refractivity contribution in [3.8, 4) is 0 Å². The molecule has 0 aliphatic heterocycles. The Morgan fingerprint density at radius 2 is 1.89 bits per heavy atom. The van der Waals surface area contributed by atoms with E-state index in [0.29, 0.717) is 24.2 Å². The minimum absolute atomic E-state index is 0.185. The molecule has 0 radical (unpaired) electrons. The molecule has 0 fully saturated rings.